The highest BCUT2D eigenvalue weighted by Crippen LogP contribution is 2.18. The minimum Gasteiger partial charge on any atom is -0.351 e. The fourth-order valence-electron chi connectivity index (χ4n) is 1.73. The van der Waals surface area contributed by atoms with Crippen LogP contribution in [0.1, 0.15) is 29.0 Å². The van der Waals surface area contributed by atoms with E-state index >= 15 is 0 Å². The normalized spacial score (nSPS) is 11.9. The van der Waals surface area contributed by atoms with Crippen molar-refractivity contribution in [1.82, 2.24) is 10.3 Å². The highest BCUT2D eigenvalue weighted by Gasteiger charge is 2.16. The molecule has 6 nitrogen and oxygen atoms in total. The van der Waals surface area contributed by atoms with E-state index in [0.29, 0.717) is 0 Å². The minimum atomic E-state index is -0.550. The molecule has 2 N–H and O–H groups in total. The number of rotatable bonds is 4. The molecule has 1 unspecified atom stereocenters. The van der Waals surface area contributed by atoms with Gasteiger partial charge in [-0.3, -0.25) is 14.9 Å². The van der Waals surface area contributed by atoms with Gasteiger partial charge in [-0.1, -0.05) is 28.1 Å². The average Bonchev–Trinajstić information content (AvgIpc) is 2.89. The maximum Gasteiger partial charge on any atom is 0.287 e. The third-order valence-electron chi connectivity index (χ3n) is 2.84. The Morgan fingerprint density at radius 3 is 2.60 bits per heavy atom. The summed E-state index contributed by atoms with van der Waals surface area (Å²) in [5.41, 5.74) is 0.981. The van der Waals surface area contributed by atoms with Crippen molar-refractivity contribution in [3.63, 3.8) is 0 Å². The SMILES string of the molecule is CC(NC(=O)c1cc([N+](=O)[O-])c[nH]1)c1ccc(Br)cc1. The molecule has 0 aliphatic heterocycles. The molecule has 2 aromatic rings. The Balaban J connectivity index is 2.06. The lowest BCUT2D eigenvalue weighted by Gasteiger charge is -2.13. The van der Waals surface area contributed by atoms with Crippen molar-refractivity contribution in [3.8, 4) is 0 Å². The molecule has 1 amide bonds. The smallest absolute Gasteiger partial charge is 0.287 e. The van der Waals surface area contributed by atoms with E-state index in [9.17, 15) is 14.9 Å². The monoisotopic (exact) mass is 337 g/mol. The molecule has 104 valence electrons. The van der Waals surface area contributed by atoms with Crippen LogP contribution < -0.4 is 5.32 Å². The molecular weight excluding hydrogens is 326 g/mol. The zero-order chi connectivity index (χ0) is 14.7. The molecule has 7 heteroatoms. The summed E-state index contributed by atoms with van der Waals surface area (Å²) in [5, 5.41) is 13.3. The van der Waals surface area contributed by atoms with E-state index in [1.807, 2.05) is 31.2 Å². The standard InChI is InChI=1S/C13H12BrN3O3/c1-8(9-2-4-10(14)5-3-9)16-13(18)12-6-11(7-15-12)17(19)20/h2-8,15H,1H3,(H,16,18). The molecule has 0 spiro atoms. The van der Waals surface area contributed by atoms with Crippen LogP contribution in [0.5, 0.6) is 0 Å². The molecule has 20 heavy (non-hydrogen) atoms. The lowest BCUT2D eigenvalue weighted by Crippen LogP contribution is -2.26. The van der Waals surface area contributed by atoms with Gasteiger partial charge in [-0.15, -0.1) is 0 Å². The molecule has 0 bridgehead atoms. The summed E-state index contributed by atoms with van der Waals surface area (Å²) in [6.45, 7) is 1.85. The summed E-state index contributed by atoms with van der Waals surface area (Å²) in [4.78, 5) is 24.6. The zero-order valence-corrected chi connectivity index (χ0v) is 12.2. The van der Waals surface area contributed by atoms with Crippen molar-refractivity contribution in [2.24, 2.45) is 0 Å². The van der Waals surface area contributed by atoms with Crippen LogP contribution in [0.25, 0.3) is 0 Å². The van der Waals surface area contributed by atoms with Crippen LogP contribution in [0.2, 0.25) is 0 Å². The van der Waals surface area contributed by atoms with E-state index in [1.54, 1.807) is 0 Å². The predicted octanol–water partition coefficient (Wildman–Crippen LogP) is 3.18. The molecule has 1 aromatic carbocycles. The number of nitrogens with zero attached hydrogens (tertiary/aromatic N) is 1. The number of aromatic nitrogens is 1. The highest BCUT2D eigenvalue weighted by atomic mass is 79.9. The van der Waals surface area contributed by atoms with Gasteiger partial charge in [0.2, 0.25) is 0 Å². The maximum atomic E-state index is 12.0. The fraction of sp³-hybridized carbons (Fsp3) is 0.154. The van der Waals surface area contributed by atoms with Crippen molar-refractivity contribution in [1.29, 1.82) is 0 Å². The largest absolute Gasteiger partial charge is 0.351 e. The molecule has 0 saturated carbocycles. The number of benzene rings is 1. The number of nitrogens with one attached hydrogen (secondary N) is 2. The third kappa shape index (κ3) is 3.24. The van der Waals surface area contributed by atoms with Gasteiger partial charge in [0.1, 0.15) is 5.69 Å². The second-order valence-corrected chi connectivity index (χ2v) is 5.19. The molecule has 1 heterocycles. The van der Waals surface area contributed by atoms with Gasteiger partial charge < -0.3 is 10.3 Å². The van der Waals surface area contributed by atoms with Crippen LogP contribution in [0.3, 0.4) is 0 Å². The van der Waals surface area contributed by atoms with Gasteiger partial charge in [0.15, 0.2) is 0 Å². The summed E-state index contributed by atoms with van der Waals surface area (Å²) in [7, 11) is 0. The van der Waals surface area contributed by atoms with Crippen LogP contribution in [0, 0.1) is 10.1 Å². The van der Waals surface area contributed by atoms with Crippen molar-refractivity contribution in [2.75, 3.05) is 0 Å². The molecule has 0 aliphatic carbocycles. The summed E-state index contributed by atoms with van der Waals surface area (Å²) >= 11 is 3.34. The van der Waals surface area contributed by atoms with E-state index in [0.717, 1.165) is 10.0 Å². The Hall–Kier alpha value is -2.15. The Bertz CT molecular complexity index is 637. The number of hydrogen-bond donors (Lipinski definition) is 2. The van der Waals surface area contributed by atoms with Gasteiger partial charge in [0, 0.05) is 10.5 Å². The molecule has 0 fully saturated rings. The average molecular weight is 338 g/mol. The topological polar surface area (TPSA) is 88.0 Å². The quantitative estimate of drug-likeness (QED) is 0.663. The molecule has 0 aliphatic rings. The lowest BCUT2D eigenvalue weighted by molar-refractivity contribution is -0.384. The Kier molecular flexibility index (Phi) is 4.19. The number of H-pyrrole nitrogens is 1. The van der Waals surface area contributed by atoms with Gasteiger partial charge in [-0.25, -0.2) is 0 Å². The number of nitro groups is 1. The first-order valence-electron chi connectivity index (χ1n) is 5.86. The minimum absolute atomic E-state index is 0.133. The third-order valence-corrected chi connectivity index (χ3v) is 3.37. The Morgan fingerprint density at radius 1 is 1.40 bits per heavy atom. The maximum absolute atomic E-state index is 12.0. The number of halogens is 1. The number of amides is 1. The summed E-state index contributed by atoms with van der Waals surface area (Å²) < 4.78 is 0.958. The Labute approximate surface area is 123 Å². The predicted molar refractivity (Wildman–Crippen MR) is 77.5 cm³/mol. The first-order valence-corrected chi connectivity index (χ1v) is 6.66. The van der Waals surface area contributed by atoms with E-state index < -0.39 is 4.92 Å². The lowest BCUT2D eigenvalue weighted by atomic mass is 10.1. The molecule has 0 radical (unpaired) electrons. The van der Waals surface area contributed by atoms with Crippen molar-refractivity contribution in [3.05, 3.63) is 62.4 Å². The van der Waals surface area contributed by atoms with E-state index in [1.165, 1.54) is 12.3 Å². The molecule has 1 aromatic heterocycles. The number of aromatic amines is 1. The summed E-state index contributed by atoms with van der Waals surface area (Å²) in [5.74, 6) is -0.381. The highest BCUT2D eigenvalue weighted by molar-refractivity contribution is 9.10. The molecule has 1 atom stereocenters. The second kappa shape index (κ2) is 5.87. The van der Waals surface area contributed by atoms with Crippen LogP contribution in [-0.2, 0) is 0 Å². The number of carbonyl (C=O) groups is 1. The van der Waals surface area contributed by atoms with E-state index in [4.69, 9.17) is 0 Å². The zero-order valence-electron chi connectivity index (χ0n) is 10.6. The first kappa shape index (κ1) is 14.3. The van der Waals surface area contributed by atoms with Crippen LogP contribution in [0.15, 0.2) is 41.0 Å². The number of carbonyl (C=O) groups excluding carboxylic acids is 1. The van der Waals surface area contributed by atoms with Crippen molar-refractivity contribution < 1.29 is 9.72 Å². The fourth-order valence-corrected chi connectivity index (χ4v) is 1.99. The first-order chi connectivity index (χ1) is 9.47. The van der Waals surface area contributed by atoms with Crippen LogP contribution in [-0.4, -0.2) is 15.8 Å². The molecule has 0 saturated heterocycles. The molecule has 2 rings (SSSR count). The van der Waals surface area contributed by atoms with Gasteiger partial charge in [0.05, 0.1) is 17.2 Å². The summed E-state index contributed by atoms with van der Waals surface area (Å²) in [6, 6.07) is 8.58. The van der Waals surface area contributed by atoms with Gasteiger partial charge in [-0.05, 0) is 24.6 Å². The van der Waals surface area contributed by atoms with E-state index in [-0.39, 0.29) is 23.3 Å². The van der Waals surface area contributed by atoms with Crippen molar-refractivity contribution >= 4 is 27.5 Å². The Morgan fingerprint density at radius 2 is 2.05 bits per heavy atom. The van der Waals surface area contributed by atoms with Crippen molar-refractivity contribution in [2.45, 2.75) is 13.0 Å². The van der Waals surface area contributed by atoms with Gasteiger partial charge in [-0.2, -0.15) is 0 Å². The number of hydrogen-bond acceptors (Lipinski definition) is 3. The van der Waals surface area contributed by atoms with Crippen LogP contribution >= 0.6 is 15.9 Å². The van der Waals surface area contributed by atoms with Gasteiger partial charge in [0.25, 0.3) is 11.6 Å². The molecular formula is C13H12BrN3O3. The summed E-state index contributed by atoms with van der Waals surface area (Å²) in [6.07, 6.45) is 1.19. The van der Waals surface area contributed by atoms with Gasteiger partial charge >= 0.3 is 0 Å². The van der Waals surface area contributed by atoms with E-state index in [2.05, 4.69) is 26.2 Å². The van der Waals surface area contributed by atoms with Crippen LogP contribution in [0.4, 0.5) is 5.69 Å². The second-order valence-electron chi connectivity index (χ2n) is 4.28.